The molecule has 0 fully saturated rings. The third-order valence-electron chi connectivity index (χ3n) is 2.46. The average Bonchev–Trinajstić information content (AvgIpc) is 2.78. The Bertz CT molecular complexity index is 461. The van der Waals surface area contributed by atoms with E-state index in [0.717, 1.165) is 18.2 Å². The number of methoxy groups -OCH3 is 1. The lowest BCUT2D eigenvalue weighted by molar-refractivity contribution is -0.144. The molecular weight excluding hydrogens is 270 g/mol. The Morgan fingerprint density at radius 2 is 2.16 bits per heavy atom. The molecule has 0 bridgehead atoms. The second-order valence-corrected chi connectivity index (χ2v) is 4.84. The van der Waals surface area contributed by atoms with Gasteiger partial charge in [-0.25, -0.2) is 4.79 Å². The summed E-state index contributed by atoms with van der Waals surface area (Å²) in [6.07, 6.45) is 1.53. The summed E-state index contributed by atoms with van der Waals surface area (Å²) in [5.41, 5.74) is 0. The van der Waals surface area contributed by atoms with Crippen molar-refractivity contribution in [2.45, 2.75) is 37.9 Å². The standard InChI is InChI=1S/C11H17N3O4S/c1-4-5-8-12-13-11(19-6-9(15)16)14(8)7(2)10(17)18-3/h7H,4-6H2,1-3H3,(H,15,16). The first-order valence-electron chi connectivity index (χ1n) is 5.87. The third-order valence-corrected chi connectivity index (χ3v) is 3.39. The Hall–Kier alpha value is -1.57. The fourth-order valence-corrected chi connectivity index (χ4v) is 2.34. The van der Waals surface area contributed by atoms with E-state index in [9.17, 15) is 9.59 Å². The molecular formula is C11H17N3O4S. The van der Waals surface area contributed by atoms with Crippen molar-refractivity contribution in [3.8, 4) is 0 Å². The molecule has 1 aromatic rings. The summed E-state index contributed by atoms with van der Waals surface area (Å²) in [4.78, 5) is 22.2. The van der Waals surface area contributed by atoms with E-state index in [1.165, 1.54) is 7.11 Å². The second-order valence-electron chi connectivity index (χ2n) is 3.90. The van der Waals surface area contributed by atoms with Gasteiger partial charge in [0.2, 0.25) is 0 Å². The van der Waals surface area contributed by atoms with E-state index in [4.69, 9.17) is 9.84 Å². The van der Waals surface area contributed by atoms with E-state index in [1.807, 2.05) is 6.92 Å². The van der Waals surface area contributed by atoms with Gasteiger partial charge in [-0.3, -0.25) is 9.36 Å². The highest BCUT2D eigenvalue weighted by atomic mass is 32.2. The number of carbonyl (C=O) groups is 2. The largest absolute Gasteiger partial charge is 0.481 e. The van der Waals surface area contributed by atoms with Crippen LogP contribution in [-0.2, 0) is 20.7 Å². The predicted molar refractivity (Wildman–Crippen MR) is 69.1 cm³/mol. The van der Waals surface area contributed by atoms with Crippen LogP contribution in [0.15, 0.2) is 5.16 Å². The van der Waals surface area contributed by atoms with Crippen LogP contribution in [0.2, 0.25) is 0 Å². The number of carboxylic acids is 1. The maximum atomic E-state index is 11.6. The monoisotopic (exact) mass is 287 g/mol. The van der Waals surface area contributed by atoms with Crippen molar-refractivity contribution in [1.82, 2.24) is 14.8 Å². The summed E-state index contributed by atoms with van der Waals surface area (Å²) < 4.78 is 6.35. The molecule has 0 radical (unpaired) electrons. The van der Waals surface area contributed by atoms with Gasteiger partial charge in [0.1, 0.15) is 11.9 Å². The molecule has 0 amide bonds. The molecule has 0 aliphatic heterocycles. The average molecular weight is 287 g/mol. The van der Waals surface area contributed by atoms with Crippen molar-refractivity contribution < 1.29 is 19.4 Å². The second kappa shape index (κ2) is 7.13. The Labute approximate surface area is 115 Å². The molecule has 1 atom stereocenters. The third kappa shape index (κ3) is 3.95. The highest BCUT2D eigenvalue weighted by molar-refractivity contribution is 7.99. The number of esters is 1. The molecule has 1 N–H and O–H groups in total. The molecule has 19 heavy (non-hydrogen) atoms. The van der Waals surface area contributed by atoms with Crippen LogP contribution in [0.5, 0.6) is 0 Å². The van der Waals surface area contributed by atoms with Gasteiger partial charge in [-0.1, -0.05) is 18.7 Å². The Balaban J connectivity index is 3.03. The minimum atomic E-state index is -0.942. The molecule has 1 rings (SSSR count). The number of hydrogen-bond donors (Lipinski definition) is 1. The van der Waals surface area contributed by atoms with Crippen LogP contribution in [-0.4, -0.2) is 44.7 Å². The zero-order chi connectivity index (χ0) is 14.4. The van der Waals surface area contributed by atoms with E-state index in [1.54, 1.807) is 11.5 Å². The Morgan fingerprint density at radius 1 is 1.47 bits per heavy atom. The number of rotatable bonds is 7. The summed E-state index contributed by atoms with van der Waals surface area (Å²) in [5, 5.41) is 17.1. The highest BCUT2D eigenvalue weighted by Gasteiger charge is 2.23. The maximum absolute atomic E-state index is 11.6. The maximum Gasteiger partial charge on any atom is 0.328 e. The Kier molecular flexibility index (Phi) is 5.81. The summed E-state index contributed by atoms with van der Waals surface area (Å²) in [7, 11) is 1.31. The van der Waals surface area contributed by atoms with E-state index in [-0.39, 0.29) is 5.75 Å². The number of ether oxygens (including phenoxy) is 1. The van der Waals surface area contributed by atoms with Crippen molar-refractivity contribution in [1.29, 1.82) is 0 Å². The number of aliphatic carboxylic acids is 1. The first-order valence-corrected chi connectivity index (χ1v) is 6.86. The quantitative estimate of drug-likeness (QED) is 0.593. The van der Waals surface area contributed by atoms with Crippen LogP contribution in [0.4, 0.5) is 0 Å². The van der Waals surface area contributed by atoms with Crippen LogP contribution in [0.1, 0.15) is 32.1 Å². The molecule has 0 saturated heterocycles. The van der Waals surface area contributed by atoms with Crippen LogP contribution in [0.3, 0.4) is 0 Å². The van der Waals surface area contributed by atoms with E-state index in [0.29, 0.717) is 17.4 Å². The molecule has 1 unspecified atom stereocenters. The van der Waals surface area contributed by atoms with E-state index < -0.39 is 18.0 Å². The predicted octanol–water partition coefficient (Wildman–Crippen LogP) is 1.14. The lowest BCUT2D eigenvalue weighted by Gasteiger charge is -2.15. The highest BCUT2D eigenvalue weighted by Crippen LogP contribution is 2.23. The minimum absolute atomic E-state index is 0.127. The van der Waals surface area contributed by atoms with Crippen molar-refractivity contribution in [2.75, 3.05) is 12.9 Å². The van der Waals surface area contributed by atoms with Gasteiger partial charge in [-0.2, -0.15) is 0 Å². The SMILES string of the molecule is CCCc1nnc(SCC(=O)O)n1C(C)C(=O)OC. The zero-order valence-electron chi connectivity index (χ0n) is 11.1. The van der Waals surface area contributed by atoms with Gasteiger partial charge in [0.25, 0.3) is 0 Å². The van der Waals surface area contributed by atoms with Crippen molar-refractivity contribution in [3.63, 3.8) is 0 Å². The fraction of sp³-hybridized carbons (Fsp3) is 0.636. The minimum Gasteiger partial charge on any atom is -0.481 e. The zero-order valence-corrected chi connectivity index (χ0v) is 11.9. The fourth-order valence-electron chi connectivity index (χ4n) is 1.59. The lowest BCUT2D eigenvalue weighted by atomic mass is 10.3. The first-order chi connectivity index (χ1) is 9.01. The molecule has 1 aromatic heterocycles. The topological polar surface area (TPSA) is 94.3 Å². The number of nitrogens with zero attached hydrogens (tertiary/aromatic N) is 3. The van der Waals surface area contributed by atoms with Crippen molar-refractivity contribution in [3.05, 3.63) is 5.82 Å². The van der Waals surface area contributed by atoms with Crippen LogP contribution in [0.25, 0.3) is 0 Å². The van der Waals surface area contributed by atoms with Gasteiger partial charge >= 0.3 is 11.9 Å². The number of aromatic nitrogens is 3. The van der Waals surface area contributed by atoms with Crippen molar-refractivity contribution >= 4 is 23.7 Å². The molecule has 0 aliphatic rings. The molecule has 106 valence electrons. The summed E-state index contributed by atoms with van der Waals surface area (Å²) in [6.45, 7) is 3.67. The van der Waals surface area contributed by atoms with Gasteiger partial charge in [0.15, 0.2) is 5.16 Å². The molecule has 1 heterocycles. The molecule has 8 heteroatoms. The lowest BCUT2D eigenvalue weighted by Crippen LogP contribution is -2.21. The molecule has 7 nitrogen and oxygen atoms in total. The van der Waals surface area contributed by atoms with Gasteiger partial charge in [0, 0.05) is 6.42 Å². The van der Waals surface area contributed by atoms with E-state index in [2.05, 4.69) is 10.2 Å². The number of carboxylic acid groups (broad SMARTS) is 1. The number of hydrogen-bond acceptors (Lipinski definition) is 6. The molecule has 0 spiro atoms. The van der Waals surface area contributed by atoms with Crippen LogP contribution >= 0.6 is 11.8 Å². The summed E-state index contributed by atoms with van der Waals surface area (Å²) >= 11 is 1.04. The molecule has 0 aliphatic carbocycles. The van der Waals surface area contributed by atoms with Gasteiger partial charge in [0.05, 0.1) is 12.9 Å². The summed E-state index contributed by atoms with van der Waals surface area (Å²) in [6, 6.07) is -0.571. The van der Waals surface area contributed by atoms with Crippen LogP contribution in [0, 0.1) is 0 Å². The Morgan fingerprint density at radius 3 is 2.68 bits per heavy atom. The molecule has 0 aromatic carbocycles. The van der Waals surface area contributed by atoms with Crippen LogP contribution < -0.4 is 0 Å². The first kappa shape index (κ1) is 15.5. The normalized spacial score (nSPS) is 12.2. The van der Waals surface area contributed by atoms with Gasteiger partial charge in [-0.15, -0.1) is 10.2 Å². The molecule has 0 saturated carbocycles. The smallest absolute Gasteiger partial charge is 0.328 e. The number of thioether (sulfide) groups is 1. The van der Waals surface area contributed by atoms with E-state index >= 15 is 0 Å². The van der Waals surface area contributed by atoms with Gasteiger partial charge < -0.3 is 9.84 Å². The van der Waals surface area contributed by atoms with Crippen molar-refractivity contribution in [2.24, 2.45) is 0 Å². The number of carbonyl (C=O) groups excluding carboxylic acids is 1. The number of aryl methyl sites for hydroxylation is 1. The van der Waals surface area contributed by atoms with Gasteiger partial charge in [-0.05, 0) is 13.3 Å². The summed E-state index contributed by atoms with van der Waals surface area (Å²) in [5.74, 6) is -0.817.